The maximum Gasteiger partial charge on any atom is 0.267 e. The van der Waals surface area contributed by atoms with Gasteiger partial charge in [-0.2, -0.15) is 0 Å². The average molecular weight is 514 g/mol. The molecular formula is C22H24BrN7O3. The number of hydrogen-bond acceptors (Lipinski definition) is 7. The highest BCUT2D eigenvalue weighted by atomic mass is 79.9. The Morgan fingerprint density at radius 2 is 2.09 bits per heavy atom. The van der Waals surface area contributed by atoms with Crippen LogP contribution in [0.4, 0.5) is 11.5 Å². The Balaban J connectivity index is 1.46. The number of fused-ring (bicyclic) bond motifs is 1. The van der Waals surface area contributed by atoms with Crippen molar-refractivity contribution in [1.82, 2.24) is 14.9 Å². The molecule has 33 heavy (non-hydrogen) atoms. The van der Waals surface area contributed by atoms with Crippen LogP contribution in [0.5, 0.6) is 0 Å². The SMILES string of the molecule is CCc1cc(C(=N)C(N)=O)c(NCC(=O)N2[C@@H]3C[C@@H]3C[C@H]2C(=O)Nc2cccc(Br)n2)cn1. The van der Waals surface area contributed by atoms with Crippen molar-refractivity contribution in [3.8, 4) is 0 Å². The van der Waals surface area contributed by atoms with Gasteiger partial charge in [0.2, 0.25) is 11.8 Å². The third-order valence-corrected chi connectivity index (χ3v) is 6.37. The highest BCUT2D eigenvalue weighted by Gasteiger charge is 2.55. The molecule has 5 N–H and O–H groups in total. The van der Waals surface area contributed by atoms with E-state index in [9.17, 15) is 14.4 Å². The summed E-state index contributed by atoms with van der Waals surface area (Å²) in [6, 6.07) is 6.31. The minimum atomic E-state index is -0.865. The topological polar surface area (TPSA) is 154 Å². The second kappa shape index (κ2) is 9.26. The molecule has 2 aromatic heterocycles. The largest absolute Gasteiger partial charge is 0.374 e. The van der Waals surface area contributed by atoms with E-state index in [1.165, 1.54) is 6.20 Å². The van der Waals surface area contributed by atoms with Crippen LogP contribution < -0.4 is 16.4 Å². The van der Waals surface area contributed by atoms with Gasteiger partial charge >= 0.3 is 0 Å². The number of amides is 3. The molecule has 1 saturated carbocycles. The number of likely N-dealkylation sites (tertiary alicyclic amines) is 1. The molecule has 2 fully saturated rings. The fourth-order valence-electron chi connectivity index (χ4n) is 4.17. The summed E-state index contributed by atoms with van der Waals surface area (Å²) < 4.78 is 0.603. The third-order valence-electron chi connectivity index (χ3n) is 5.93. The first-order valence-electron chi connectivity index (χ1n) is 10.6. The predicted molar refractivity (Wildman–Crippen MR) is 126 cm³/mol. The monoisotopic (exact) mass is 513 g/mol. The zero-order valence-corrected chi connectivity index (χ0v) is 19.6. The van der Waals surface area contributed by atoms with Crippen molar-refractivity contribution in [3.63, 3.8) is 0 Å². The van der Waals surface area contributed by atoms with Crippen LogP contribution in [0.15, 0.2) is 35.1 Å². The van der Waals surface area contributed by atoms with E-state index < -0.39 is 11.9 Å². The first-order valence-corrected chi connectivity index (χ1v) is 11.4. The molecule has 10 nitrogen and oxygen atoms in total. The molecule has 1 saturated heterocycles. The number of nitrogens with zero attached hydrogens (tertiary/aromatic N) is 3. The Kier molecular flexibility index (Phi) is 6.41. The van der Waals surface area contributed by atoms with Crippen LogP contribution in [0.3, 0.4) is 0 Å². The van der Waals surface area contributed by atoms with E-state index in [4.69, 9.17) is 11.1 Å². The number of pyridine rings is 2. The molecule has 3 amide bonds. The van der Waals surface area contributed by atoms with Gasteiger partial charge in [0, 0.05) is 17.3 Å². The maximum absolute atomic E-state index is 13.1. The summed E-state index contributed by atoms with van der Waals surface area (Å²) in [7, 11) is 0. The second-order valence-corrected chi connectivity index (χ2v) is 8.93. The van der Waals surface area contributed by atoms with E-state index in [1.807, 2.05) is 6.92 Å². The molecule has 0 aromatic carbocycles. The molecule has 2 aliphatic rings. The lowest BCUT2D eigenvalue weighted by atomic mass is 10.1. The molecule has 4 rings (SSSR count). The van der Waals surface area contributed by atoms with Crippen LogP contribution in [0.25, 0.3) is 0 Å². The molecule has 11 heteroatoms. The van der Waals surface area contributed by atoms with E-state index >= 15 is 0 Å². The van der Waals surface area contributed by atoms with Gasteiger partial charge in [-0.3, -0.25) is 24.8 Å². The van der Waals surface area contributed by atoms with Crippen LogP contribution in [0.1, 0.15) is 31.0 Å². The van der Waals surface area contributed by atoms with Crippen molar-refractivity contribution >= 4 is 50.9 Å². The molecule has 0 spiro atoms. The molecule has 0 radical (unpaired) electrons. The van der Waals surface area contributed by atoms with Crippen LogP contribution in [-0.4, -0.2) is 56.9 Å². The smallest absolute Gasteiger partial charge is 0.267 e. The number of aromatic nitrogens is 2. The van der Waals surface area contributed by atoms with Crippen molar-refractivity contribution in [3.05, 3.63) is 46.3 Å². The van der Waals surface area contributed by atoms with E-state index in [-0.39, 0.29) is 30.1 Å². The zero-order chi connectivity index (χ0) is 23.7. The lowest BCUT2D eigenvalue weighted by molar-refractivity contribution is -0.136. The van der Waals surface area contributed by atoms with Crippen molar-refractivity contribution in [2.75, 3.05) is 17.2 Å². The lowest BCUT2D eigenvalue weighted by Crippen LogP contribution is -2.47. The summed E-state index contributed by atoms with van der Waals surface area (Å²) in [6.07, 6.45) is 3.61. The van der Waals surface area contributed by atoms with Gasteiger partial charge < -0.3 is 21.3 Å². The van der Waals surface area contributed by atoms with Gasteiger partial charge in [0.1, 0.15) is 22.2 Å². The van der Waals surface area contributed by atoms with E-state index in [0.29, 0.717) is 46.1 Å². The van der Waals surface area contributed by atoms with Crippen LogP contribution >= 0.6 is 15.9 Å². The molecular weight excluding hydrogens is 490 g/mol. The number of primary amides is 1. The summed E-state index contributed by atoms with van der Waals surface area (Å²) in [5, 5.41) is 13.8. The average Bonchev–Trinajstić information content (AvgIpc) is 3.45. The molecule has 0 unspecified atom stereocenters. The number of halogens is 1. The summed E-state index contributed by atoms with van der Waals surface area (Å²) in [6.45, 7) is 1.80. The highest BCUT2D eigenvalue weighted by molar-refractivity contribution is 9.10. The van der Waals surface area contributed by atoms with Gasteiger partial charge in [0.25, 0.3) is 5.91 Å². The van der Waals surface area contributed by atoms with E-state index in [2.05, 4.69) is 36.5 Å². The summed E-state index contributed by atoms with van der Waals surface area (Å²) >= 11 is 3.28. The van der Waals surface area contributed by atoms with Crippen LogP contribution in [0.2, 0.25) is 0 Å². The summed E-state index contributed by atoms with van der Waals surface area (Å²) in [5.74, 6) is -0.637. The normalized spacial score (nSPS) is 20.7. The van der Waals surface area contributed by atoms with Gasteiger partial charge in [-0.05, 0) is 59.3 Å². The number of carbonyl (C=O) groups excluding carboxylic acids is 3. The number of anilines is 2. The number of carbonyl (C=O) groups is 3. The van der Waals surface area contributed by atoms with Crippen molar-refractivity contribution < 1.29 is 14.4 Å². The van der Waals surface area contributed by atoms with E-state index in [1.54, 1.807) is 29.2 Å². The Labute approximate surface area is 199 Å². The molecule has 3 heterocycles. The van der Waals surface area contributed by atoms with Crippen molar-refractivity contribution in [2.45, 2.75) is 38.3 Å². The number of aryl methyl sites for hydroxylation is 1. The fourth-order valence-corrected chi connectivity index (χ4v) is 4.51. The third kappa shape index (κ3) is 4.87. The Hall–Kier alpha value is -3.34. The fraction of sp³-hybridized carbons (Fsp3) is 0.364. The van der Waals surface area contributed by atoms with Crippen LogP contribution in [-0.2, 0) is 20.8 Å². The summed E-state index contributed by atoms with van der Waals surface area (Å²) in [5.41, 5.74) is 6.30. The van der Waals surface area contributed by atoms with Crippen molar-refractivity contribution in [1.29, 1.82) is 5.41 Å². The summed E-state index contributed by atoms with van der Waals surface area (Å²) in [4.78, 5) is 47.7. The Bertz CT molecular complexity index is 1140. The standard InChI is InChI=1S/C22H24BrN7O3/c1-2-12-8-13(20(24)21(25)32)14(9-26-12)27-10-19(31)30-15-6-11(15)7-16(30)22(33)29-18-5-3-4-17(23)28-18/h3-5,8-9,11,15-16,24,27H,2,6-7,10H2,1H3,(H2,25,32)(H,28,29,33)/t11-,15-,16+/m1/s1. The molecule has 1 aliphatic heterocycles. The molecule has 172 valence electrons. The number of nitrogens with two attached hydrogens (primary N) is 1. The quantitative estimate of drug-likeness (QED) is 0.311. The van der Waals surface area contributed by atoms with Crippen LogP contribution in [0, 0.1) is 11.3 Å². The van der Waals surface area contributed by atoms with Gasteiger partial charge in [-0.25, -0.2) is 4.98 Å². The van der Waals surface area contributed by atoms with E-state index in [0.717, 1.165) is 6.42 Å². The molecule has 1 aliphatic carbocycles. The minimum Gasteiger partial charge on any atom is -0.374 e. The Morgan fingerprint density at radius 3 is 2.79 bits per heavy atom. The highest BCUT2D eigenvalue weighted by Crippen LogP contribution is 2.48. The molecule has 3 atom stereocenters. The zero-order valence-electron chi connectivity index (χ0n) is 18.0. The first kappa shape index (κ1) is 22.8. The van der Waals surface area contributed by atoms with Crippen molar-refractivity contribution in [2.24, 2.45) is 11.7 Å². The second-order valence-electron chi connectivity index (χ2n) is 8.12. The minimum absolute atomic E-state index is 0.0505. The number of rotatable bonds is 8. The molecule has 0 bridgehead atoms. The molecule has 2 aromatic rings. The maximum atomic E-state index is 13.1. The first-order chi connectivity index (χ1) is 15.8. The van der Waals surface area contributed by atoms with Gasteiger partial charge in [-0.1, -0.05) is 13.0 Å². The Morgan fingerprint density at radius 1 is 1.30 bits per heavy atom. The van der Waals surface area contributed by atoms with Gasteiger partial charge in [0.15, 0.2) is 0 Å². The number of nitrogens with one attached hydrogen (secondary N) is 3. The number of hydrogen-bond donors (Lipinski definition) is 4. The predicted octanol–water partition coefficient (Wildman–Crippen LogP) is 1.69. The lowest BCUT2D eigenvalue weighted by Gasteiger charge is -2.27. The van der Waals surface area contributed by atoms with Gasteiger partial charge in [0.05, 0.1) is 18.4 Å². The van der Waals surface area contributed by atoms with Gasteiger partial charge in [-0.15, -0.1) is 0 Å². The number of piperidine rings is 1.